The molecule has 25 heavy (non-hydrogen) atoms. The van der Waals surface area contributed by atoms with Crippen molar-refractivity contribution in [2.45, 2.75) is 52.5 Å². The molecule has 2 aliphatic carbocycles. The molecule has 0 aromatic carbocycles. The summed E-state index contributed by atoms with van der Waals surface area (Å²) in [5.74, 6) is 3.39. The van der Waals surface area contributed by atoms with Crippen LogP contribution in [0.4, 0.5) is 0 Å². The zero-order chi connectivity index (χ0) is 17.7. The lowest BCUT2D eigenvalue weighted by Crippen LogP contribution is -2.32. The number of nitrogens with zero attached hydrogens (tertiary/aromatic N) is 2. The molecule has 7 heteroatoms. The minimum Gasteiger partial charge on any atom is -0.329 e. The van der Waals surface area contributed by atoms with Crippen LogP contribution in [0.25, 0.3) is 11.0 Å². The van der Waals surface area contributed by atoms with Crippen LogP contribution in [0.1, 0.15) is 45.4 Å². The fraction of sp³-hybridized carbons (Fsp3) is 0.667. The first-order chi connectivity index (χ1) is 11.9. The standard InChI is InChI=1S/C18H24N4O2S/c1-9(2)8-22-15-14(16(23)21-18(22)24)17(25)20-13(19-15)7-12-6-10-3-4-11(12)5-10/h9-12H,3-8H2,1-2H3,(H,19,20,25)(H,21,23,24). The van der Waals surface area contributed by atoms with Gasteiger partial charge >= 0.3 is 5.69 Å². The topological polar surface area (TPSA) is 83.5 Å². The Morgan fingerprint density at radius 2 is 2.04 bits per heavy atom. The first-order valence-corrected chi connectivity index (χ1v) is 9.59. The van der Waals surface area contributed by atoms with E-state index >= 15 is 0 Å². The van der Waals surface area contributed by atoms with Crippen molar-refractivity contribution < 1.29 is 0 Å². The van der Waals surface area contributed by atoms with Crippen LogP contribution in [-0.2, 0) is 13.0 Å². The van der Waals surface area contributed by atoms with Gasteiger partial charge in [-0.1, -0.05) is 32.5 Å². The quantitative estimate of drug-likeness (QED) is 0.821. The third-order valence-electron chi connectivity index (χ3n) is 5.80. The number of rotatable bonds is 4. The fourth-order valence-corrected chi connectivity index (χ4v) is 5.05. The average Bonchev–Trinajstić information content (AvgIpc) is 3.13. The molecule has 0 saturated heterocycles. The highest BCUT2D eigenvalue weighted by atomic mass is 32.1. The summed E-state index contributed by atoms with van der Waals surface area (Å²) in [6, 6.07) is 0. The predicted molar refractivity (Wildman–Crippen MR) is 99.3 cm³/mol. The largest absolute Gasteiger partial charge is 0.329 e. The van der Waals surface area contributed by atoms with Gasteiger partial charge in [-0.15, -0.1) is 0 Å². The number of hydrogen-bond acceptors (Lipinski definition) is 4. The number of aromatic nitrogens is 4. The van der Waals surface area contributed by atoms with Gasteiger partial charge in [0.2, 0.25) is 0 Å². The Kier molecular flexibility index (Phi) is 4.14. The van der Waals surface area contributed by atoms with Crippen molar-refractivity contribution >= 4 is 23.3 Å². The maximum absolute atomic E-state index is 12.3. The van der Waals surface area contributed by atoms with E-state index in [4.69, 9.17) is 12.2 Å². The Labute approximate surface area is 150 Å². The van der Waals surface area contributed by atoms with E-state index in [9.17, 15) is 9.59 Å². The molecule has 2 aromatic heterocycles. The number of H-pyrrole nitrogens is 2. The van der Waals surface area contributed by atoms with Crippen LogP contribution in [-0.4, -0.2) is 19.5 Å². The van der Waals surface area contributed by atoms with E-state index in [-0.39, 0.29) is 10.6 Å². The molecule has 2 aliphatic rings. The van der Waals surface area contributed by atoms with Crippen LogP contribution in [0.5, 0.6) is 0 Å². The second-order valence-corrected chi connectivity index (χ2v) is 8.50. The van der Waals surface area contributed by atoms with Crippen LogP contribution >= 0.6 is 12.2 Å². The lowest BCUT2D eigenvalue weighted by Gasteiger charge is -2.21. The molecule has 0 spiro atoms. The van der Waals surface area contributed by atoms with Gasteiger partial charge in [-0.2, -0.15) is 0 Å². The van der Waals surface area contributed by atoms with Crippen LogP contribution in [0.15, 0.2) is 9.59 Å². The zero-order valence-corrected chi connectivity index (χ0v) is 15.5. The summed E-state index contributed by atoms with van der Waals surface area (Å²) in [5.41, 5.74) is -0.338. The van der Waals surface area contributed by atoms with Gasteiger partial charge in [0.15, 0.2) is 0 Å². The summed E-state index contributed by atoms with van der Waals surface area (Å²) in [5, 5.41) is 0.312. The van der Waals surface area contributed by atoms with Gasteiger partial charge in [0, 0.05) is 13.0 Å². The molecule has 2 fully saturated rings. The summed E-state index contributed by atoms with van der Waals surface area (Å²) < 4.78 is 1.87. The van der Waals surface area contributed by atoms with Crippen LogP contribution in [0.2, 0.25) is 0 Å². The SMILES string of the molecule is CC(C)Cn1c(=O)[nH]c(=O)c2c(=S)nc(CC3CC4CCC3C4)[nH]c21. The number of nitrogens with one attached hydrogen (secondary N) is 2. The monoisotopic (exact) mass is 360 g/mol. The fourth-order valence-electron chi connectivity index (χ4n) is 4.75. The molecule has 0 amide bonds. The van der Waals surface area contributed by atoms with E-state index < -0.39 is 11.2 Å². The molecule has 2 saturated carbocycles. The van der Waals surface area contributed by atoms with E-state index in [1.54, 1.807) is 4.57 Å². The minimum atomic E-state index is -0.458. The summed E-state index contributed by atoms with van der Waals surface area (Å²) in [7, 11) is 0. The Morgan fingerprint density at radius 1 is 1.24 bits per heavy atom. The van der Waals surface area contributed by atoms with Gasteiger partial charge in [0.05, 0.1) is 0 Å². The second kappa shape index (κ2) is 6.20. The lowest BCUT2D eigenvalue weighted by molar-refractivity contribution is 0.326. The highest BCUT2D eigenvalue weighted by molar-refractivity contribution is 7.71. The molecule has 3 unspecified atom stereocenters. The molecule has 2 heterocycles. The Hall–Kier alpha value is -1.76. The molecular formula is C18H24N4O2S. The van der Waals surface area contributed by atoms with Gasteiger partial charge in [-0.25, -0.2) is 9.78 Å². The average molecular weight is 360 g/mol. The normalized spacial score (nSPS) is 25.3. The van der Waals surface area contributed by atoms with E-state index in [1.807, 2.05) is 13.8 Å². The summed E-state index contributed by atoms with van der Waals surface area (Å²) in [4.78, 5) is 34.6. The molecule has 2 N–H and O–H groups in total. The first-order valence-electron chi connectivity index (χ1n) is 9.18. The van der Waals surface area contributed by atoms with Gasteiger partial charge < -0.3 is 4.98 Å². The molecule has 2 aromatic rings. The highest BCUT2D eigenvalue weighted by Gasteiger charge is 2.39. The van der Waals surface area contributed by atoms with Crippen molar-refractivity contribution in [3.05, 3.63) is 31.3 Å². The second-order valence-electron chi connectivity index (χ2n) is 8.12. The molecule has 3 atom stereocenters. The molecular weight excluding hydrogens is 336 g/mol. The lowest BCUT2D eigenvalue weighted by atomic mass is 9.86. The van der Waals surface area contributed by atoms with Gasteiger partial charge in [0.1, 0.15) is 21.5 Å². The van der Waals surface area contributed by atoms with Crippen LogP contribution in [0.3, 0.4) is 0 Å². The van der Waals surface area contributed by atoms with E-state index in [2.05, 4.69) is 15.0 Å². The van der Waals surface area contributed by atoms with Crippen LogP contribution in [0, 0.1) is 28.3 Å². The smallest absolute Gasteiger partial charge is 0.329 e. The Morgan fingerprint density at radius 3 is 2.68 bits per heavy atom. The zero-order valence-electron chi connectivity index (χ0n) is 14.7. The van der Waals surface area contributed by atoms with Crippen molar-refractivity contribution in [3.8, 4) is 0 Å². The third kappa shape index (κ3) is 2.99. The Balaban J connectivity index is 1.80. The van der Waals surface area contributed by atoms with E-state index in [1.165, 1.54) is 25.7 Å². The van der Waals surface area contributed by atoms with Gasteiger partial charge in [0.25, 0.3) is 5.56 Å². The summed E-state index contributed by atoms with van der Waals surface area (Å²) in [6.07, 6.45) is 6.15. The number of aromatic amines is 2. The van der Waals surface area contributed by atoms with Crippen molar-refractivity contribution in [2.24, 2.45) is 23.7 Å². The third-order valence-corrected chi connectivity index (χ3v) is 6.10. The molecule has 6 nitrogen and oxygen atoms in total. The van der Waals surface area contributed by atoms with E-state index in [0.717, 1.165) is 24.1 Å². The van der Waals surface area contributed by atoms with Gasteiger partial charge in [-0.05, 0) is 42.9 Å². The maximum atomic E-state index is 12.3. The minimum absolute atomic E-state index is 0.274. The molecule has 2 bridgehead atoms. The molecule has 134 valence electrons. The number of fused-ring (bicyclic) bond motifs is 3. The van der Waals surface area contributed by atoms with Crippen molar-refractivity contribution in [3.63, 3.8) is 0 Å². The van der Waals surface area contributed by atoms with E-state index in [0.29, 0.717) is 23.5 Å². The summed E-state index contributed by atoms with van der Waals surface area (Å²) in [6.45, 7) is 4.60. The highest BCUT2D eigenvalue weighted by Crippen LogP contribution is 2.49. The Bertz CT molecular complexity index is 987. The van der Waals surface area contributed by atoms with Gasteiger partial charge in [-0.3, -0.25) is 14.3 Å². The predicted octanol–water partition coefficient (Wildman–Crippen LogP) is 2.78. The number of hydrogen-bond donors (Lipinski definition) is 2. The summed E-state index contributed by atoms with van der Waals surface area (Å²) >= 11 is 5.39. The molecule has 0 radical (unpaired) electrons. The maximum Gasteiger partial charge on any atom is 0.329 e. The van der Waals surface area contributed by atoms with Crippen molar-refractivity contribution in [1.82, 2.24) is 19.5 Å². The van der Waals surface area contributed by atoms with Crippen molar-refractivity contribution in [1.29, 1.82) is 0 Å². The molecule has 0 aliphatic heterocycles. The van der Waals surface area contributed by atoms with Crippen LogP contribution < -0.4 is 11.2 Å². The van der Waals surface area contributed by atoms with Crippen molar-refractivity contribution in [2.75, 3.05) is 0 Å². The molecule has 4 rings (SSSR count). The first kappa shape index (κ1) is 16.7.